The summed E-state index contributed by atoms with van der Waals surface area (Å²) in [6.07, 6.45) is 2.70. The van der Waals surface area contributed by atoms with Gasteiger partial charge < -0.3 is 9.84 Å². The predicted molar refractivity (Wildman–Crippen MR) is 76.7 cm³/mol. The number of aliphatic hydroxyl groups excluding tert-OH is 1. The molecule has 0 aliphatic rings. The summed E-state index contributed by atoms with van der Waals surface area (Å²) in [6.45, 7) is 1.68. The van der Waals surface area contributed by atoms with E-state index in [1.165, 1.54) is 0 Å². The molecule has 0 spiro atoms. The Labute approximate surface area is 116 Å². The Morgan fingerprint density at radius 3 is 2.55 bits per heavy atom. The second-order valence-electron chi connectivity index (χ2n) is 4.56. The van der Waals surface area contributed by atoms with Gasteiger partial charge >= 0.3 is 0 Å². The van der Waals surface area contributed by atoms with Crippen molar-refractivity contribution in [2.45, 2.75) is 13.0 Å². The van der Waals surface area contributed by atoms with E-state index in [2.05, 4.69) is 9.97 Å². The molecule has 0 radical (unpaired) electrons. The Bertz CT molecular complexity index is 724. The maximum atomic E-state index is 9.41. The first kappa shape index (κ1) is 12.6. The lowest BCUT2D eigenvalue weighted by Crippen LogP contribution is -1.95. The second-order valence-corrected chi connectivity index (χ2v) is 4.56. The fourth-order valence-corrected chi connectivity index (χ4v) is 1.94. The number of aromatic nitrogens is 2. The van der Waals surface area contributed by atoms with Crippen molar-refractivity contribution in [1.29, 1.82) is 0 Å². The summed E-state index contributed by atoms with van der Waals surface area (Å²) in [5, 5.41) is 10.4. The van der Waals surface area contributed by atoms with Gasteiger partial charge in [0.2, 0.25) is 0 Å². The largest absolute Gasteiger partial charge is 0.454 e. The van der Waals surface area contributed by atoms with Gasteiger partial charge in [-0.1, -0.05) is 18.2 Å². The summed E-state index contributed by atoms with van der Waals surface area (Å²) in [5.41, 5.74) is 1.55. The van der Waals surface area contributed by atoms with Crippen molar-refractivity contribution in [3.63, 3.8) is 0 Å². The smallest absolute Gasteiger partial charge is 0.146 e. The topological polar surface area (TPSA) is 55.2 Å². The third-order valence-corrected chi connectivity index (χ3v) is 2.99. The van der Waals surface area contributed by atoms with Crippen LogP contribution in [0.2, 0.25) is 0 Å². The average Bonchev–Trinajstić information content (AvgIpc) is 2.48. The number of para-hydroxylation sites is 1. The predicted octanol–water partition coefficient (Wildman–Crippen LogP) is 3.48. The lowest BCUT2D eigenvalue weighted by atomic mass is 10.2. The molecule has 100 valence electrons. The van der Waals surface area contributed by atoms with Crippen molar-refractivity contribution >= 4 is 10.9 Å². The van der Waals surface area contributed by atoms with Crippen molar-refractivity contribution in [1.82, 2.24) is 9.97 Å². The minimum Gasteiger partial charge on any atom is -0.454 e. The van der Waals surface area contributed by atoms with Crippen molar-refractivity contribution in [2.24, 2.45) is 0 Å². The third kappa shape index (κ3) is 2.60. The van der Waals surface area contributed by atoms with E-state index in [1.807, 2.05) is 30.3 Å². The molecule has 0 aliphatic heterocycles. The van der Waals surface area contributed by atoms with Crippen LogP contribution in [0.3, 0.4) is 0 Å². The number of nitrogens with zero attached hydrogens (tertiary/aromatic N) is 2. The molecule has 3 rings (SSSR count). The summed E-state index contributed by atoms with van der Waals surface area (Å²) >= 11 is 0. The van der Waals surface area contributed by atoms with Crippen LogP contribution in [-0.4, -0.2) is 15.1 Å². The molecule has 4 heteroatoms. The zero-order valence-corrected chi connectivity index (χ0v) is 11.0. The van der Waals surface area contributed by atoms with Crippen LogP contribution in [0.5, 0.6) is 11.5 Å². The summed E-state index contributed by atoms with van der Waals surface area (Å²) in [5.74, 6) is 1.28. The quantitative estimate of drug-likeness (QED) is 0.788. The van der Waals surface area contributed by atoms with Crippen LogP contribution in [0, 0.1) is 0 Å². The number of pyridine rings is 2. The molecule has 0 unspecified atom stereocenters. The number of hydrogen-bond acceptors (Lipinski definition) is 4. The van der Waals surface area contributed by atoms with Crippen molar-refractivity contribution in [3.8, 4) is 11.5 Å². The molecule has 0 aliphatic carbocycles. The second kappa shape index (κ2) is 5.27. The minimum atomic E-state index is -0.577. The fraction of sp³-hybridized carbons (Fsp3) is 0.125. The van der Waals surface area contributed by atoms with Crippen LogP contribution < -0.4 is 4.74 Å². The van der Waals surface area contributed by atoms with E-state index in [9.17, 15) is 5.11 Å². The van der Waals surface area contributed by atoms with Crippen LogP contribution in [0.4, 0.5) is 0 Å². The molecule has 20 heavy (non-hydrogen) atoms. The molecule has 3 aromatic rings. The SMILES string of the molecule is C[C@H](O)c1ccc(Oc2cnc3ccccc3c2)cn1. The summed E-state index contributed by atoms with van der Waals surface area (Å²) < 4.78 is 5.71. The number of aliphatic hydroxyl groups is 1. The first-order valence-corrected chi connectivity index (χ1v) is 6.39. The van der Waals surface area contributed by atoms with E-state index in [0.29, 0.717) is 17.2 Å². The minimum absolute atomic E-state index is 0.577. The first-order valence-electron chi connectivity index (χ1n) is 6.39. The van der Waals surface area contributed by atoms with E-state index < -0.39 is 6.10 Å². The zero-order chi connectivity index (χ0) is 13.9. The third-order valence-electron chi connectivity index (χ3n) is 2.99. The number of fused-ring (bicyclic) bond motifs is 1. The van der Waals surface area contributed by atoms with Gasteiger partial charge in [0.05, 0.1) is 29.7 Å². The van der Waals surface area contributed by atoms with E-state index >= 15 is 0 Å². The van der Waals surface area contributed by atoms with E-state index in [1.54, 1.807) is 31.5 Å². The maximum absolute atomic E-state index is 9.41. The molecular formula is C16H14N2O2. The Kier molecular flexibility index (Phi) is 3.31. The highest BCUT2D eigenvalue weighted by Gasteiger charge is 2.04. The van der Waals surface area contributed by atoms with Gasteiger partial charge in [-0.2, -0.15) is 0 Å². The normalized spacial score (nSPS) is 12.3. The Balaban J connectivity index is 1.85. The van der Waals surface area contributed by atoms with Gasteiger partial charge in [-0.05, 0) is 31.2 Å². The fourth-order valence-electron chi connectivity index (χ4n) is 1.94. The molecule has 0 saturated heterocycles. The number of ether oxygens (including phenoxy) is 1. The summed E-state index contributed by atoms with van der Waals surface area (Å²) in [6, 6.07) is 13.3. The van der Waals surface area contributed by atoms with Crippen LogP contribution in [0.1, 0.15) is 18.7 Å². The number of benzene rings is 1. The van der Waals surface area contributed by atoms with Gasteiger partial charge in [0.1, 0.15) is 11.5 Å². The monoisotopic (exact) mass is 266 g/mol. The van der Waals surface area contributed by atoms with Gasteiger partial charge in [-0.25, -0.2) is 0 Å². The van der Waals surface area contributed by atoms with E-state index in [-0.39, 0.29) is 0 Å². The summed E-state index contributed by atoms with van der Waals surface area (Å²) in [7, 11) is 0. The molecule has 1 N–H and O–H groups in total. The first-order chi connectivity index (χ1) is 9.72. The highest BCUT2D eigenvalue weighted by Crippen LogP contribution is 2.24. The number of rotatable bonds is 3. The Hall–Kier alpha value is -2.46. The number of hydrogen-bond donors (Lipinski definition) is 1. The van der Waals surface area contributed by atoms with E-state index in [0.717, 1.165) is 10.9 Å². The molecule has 0 bridgehead atoms. The molecule has 4 nitrogen and oxygen atoms in total. The molecule has 0 amide bonds. The average molecular weight is 266 g/mol. The van der Waals surface area contributed by atoms with Gasteiger partial charge in [0, 0.05) is 5.39 Å². The lowest BCUT2D eigenvalue weighted by molar-refractivity contribution is 0.194. The van der Waals surface area contributed by atoms with Crippen molar-refractivity contribution < 1.29 is 9.84 Å². The van der Waals surface area contributed by atoms with Gasteiger partial charge in [-0.15, -0.1) is 0 Å². The standard InChI is InChI=1S/C16H14N2O2/c1-11(19)15-7-6-13(9-17-15)20-14-8-12-4-2-3-5-16(12)18-10-14/h2-11,19H,1H3/t11-/m0/s1. The Morgan fingerprint density at radius 1 is 1.00 bits per heavy atom. The maximum Gasteiger partial charge on any atom is 0.146 e. The molecule has 1 atom stereocenters. The zero-order valence-electron chi connectivity index (χ0n) is 11.0. The highest BCUT2D eigenvalue weighted by atomic mass is 16.5. The molecule has 0 saturated carbocycles. The molecule has 2 aromatic heterocycles. The van der Waals surface area contributed by atoms with Crippen molar-refractivity contribution in [3.05, 3.63) is 60.6 Å². The van der Waals surface area contributed by atoms with Crippen LogP contribution in [0.25, 0.3) is 10.9 Å². The molecule has 0 fully saturated rings. The van der Waals surface area contributed by atoms with Gasteiger partial charge in [0.25, 0.3) is 0 Å². The van der Waals surface area contributed by atoms with Crippen LogP contribution in [0.15, 0.2) is 54.9 Å². The van der Waals surface area contributed by atoms with E-state index in [4.69, 9.17) is 4.74 Å². The van der Waals surface area contributed by atoms with Crippen molar-refractivity contribution in [2.75, 3.05) is 0 Å². The van der Waals surface area contributed by atoms with Gasteiger partial charge in [0.15, 0.2) is 0 Å². The molecule has 2 heterocycles. The lowest BCUT2D eigenvalue weighted by Gasteiger charge is -2.08. The molecular weight excluding hydrogens is 252 g/mol. The Morgan fingerprint density at radius 2 is 1.80 bits per heavy atom. The van der Waals surface area contributed by atoms with Crippen LogP contribution >= 0.6 is 0 Å². The molecule has 1 aromatic carbocycles. The van der Waals surface area contributed by atoms with Crippen LogP contribution in [-0.2, 0) is 0 Å². The highest BCUT2D eigenvalue weighted by molar-refractivity contribution is 5.79. The van der Waals surface area contributed by atoms with Gasteiger partial charge in [-0.3, -0.25) is 9.97 Å². The summed E-state index contributed by atoms with van der Waals surface area (Å²) in [4.78, 5) is 8.48.